The van der Waals surface area contributed by atoms with E-state index in [1.54, 1.807) is 6.92 Å². The second kappa shape index (κ2) is 5.09. The molecular formula is C11H16O6. The molecule has 0 bridgehead atoms. The van der Waals surface area contributed by atoms with Crippen molar-refractivity contribution in [2.24, 2.45) is 0 Å². The van der Waals surface area contributed by atoms with Gasteiger partial charge in [-0.05, 0) is 18.9 Å². The maximum absolute atomic E-state index is 10.9. The molecule has 1 rings (SSSR count). The van der Waals surface area contributed by atoms with E-state index < -0.39 is 29.7 Å². The van der Waals surface area contributed by atoms with Gasteiger partial charge in [-0.25, -0.2) is 4.79 Å². The minimum Gasteiger partial charge on any atom is -0.509 e. The first kappa shape index (κ1) is 13.4. The normalized spacial score (nSPS) is 23.5. The van der Waals surface area contributed by atoms with Crippen molar-refractivity contribution in [1.29, 1.82) is 0 Å². The summed E-state index contributed by atoms with van der Waals surface area (Å²) < 4.78 is 4.54. The average Bonchev–Trinajstić information content (AvgIpc) is 2.55. The minimum atomic E-state index is -1.57. The molecule has 1 heterocycles. The second-order valence-electron chi connectivity index (χ2n) is 3.92. The van der Waals surface area contributed by atoms with Crippen LogP contribution in [0.25, 0.3) is 0 Å². The van der Waals surface area contributed by atoms with Gasteiger partial charge < -0.3 is 25.2 Å². The summed E-state index contributed by atoms with van der Waals surface area (Å²) in [6, 6.07) is 0. The summed E-state index contributed by atoms with van der Waals surface area (Å²) in [7, 11) is 0. The van der Waals surface area contributed by atoms with E-state index in [0.717, 1.165) is 6.42 Å². The molecule has 0 aromatic rings. The van der Waals surface area contributed by atoms with Gasteiger partial charge in [-0.3, -0.25) is 0 Å². The van der Waals surface area contributed by atoms with Crippen LogP contribution in [0.3, 0.4) is 0 Å². The van der Waals surface area contributed by atoms with E-state index in [9.17, 15) is 20.1 Å². The van der Waals surface area contributed by atoms with Crippen LogP contribution in [0.5, 0.6) is 0 Å². The Bertz CT molecular complexity index is 381. The lowest BCUT2D eigenvalue weighted by Crippen LogP contribution is -2.31. The molecule has 0 aromatic carbocycles. The largest absolute Gasteiger partial charge is 0.509 e. The summed E-state index contributed by atoms with van der Waals surface area (Å²) >= 11 is 0. The maximum Gasteiger partial charge on any atom is 0.378 e. The van der Waals surface area contributed by atoms with Crippen LogP contribution in [0.4, 0.5) is 0 Å². The number of aliphatic hydroxyl groups is 4. The third-order valence-corrected chi connectivity index (χ3v) is 2.57. The highest BCUT2D eigenvalue weighted by Crippen LogP contribution is 2.25. The van der Waals surface area contributed by atoms with E-state index in [2.05, 4.69) is 4.74 Å². The molecule has 0 saturated heterocycles. The zero-order valence-corrected chi connectivity index (χ0v) is 9.67. The first-order valence-corrected chi connectivity index (χ1v) is 5.29. The van der Waals surface area contributed by atoms with Crippen molar-refractivity contribution < 1.29 is 30.0 Å². The van der Waals surface area contributed by atoms with Crippen LogP contribution in [-0.4, -0.2) is 38.6 Å². The quantitative estimate of drug-likeness (QED) is 0.437. The minimum absolute atomic E-state index is 0.356. The molecule has 0 amide bonds. The maximum atomic E-state index is 10.9. The number of hydrogen-bond donors (Lipinski definition) is 4. The topological polar surface area (TPSA) is 107 Å². The number of hydrogen-bond acceptors (Lipinski definition) is 6. The smallest absolute Gasteiger partial charge is 0.378 e. The van der Waals surface area contributed by atoms with Gasteiger partial charge in [0.25, 0.3) is 0 Å². The summed E-state index contributed by atoms with van der Waals surface area (Å²) in [6.45, 7) is 3.53. The fourth-order valence-corrected chi connectivity index (χ4v) is 1.58. The predicted molar refractivity (Wildman–Crippen MR) is 58.4 cm³/mol. The van der Waals surface area contributed by atoms with Crippen molar-refractivity contribution in [3.63, 3.8) is 0 Å². The van der Waals surface area contributed by atoms with Gasteiger partial charge in [-0.15, -0.1) is 0 Å². The van der Waals surface area contributed by atoms with Gasteiger partial charge in [0.1, 0.15) is 5.76 Å². The SMILES string of the molecule is CCCC(C)=C(O)[C@H](O)[C@H]1OC(=O)C(O)=C1O. The van der Waals surface area contributed by atoms with E-state index in [1.165, 1.54) is 0 Å². The molecular weight excluding hydrogens is 228 g/mol. The monoisotopic (exact) mass is 244 g/mol. The number of cyclic esters (lactones) is 1. The molecule has 1 aliphatic rings. The molecule has 6 nitrogen and oxygen atoms in total. The molecule has 0 unspecified atom stereocenters. The zero-order valence-electron chi connectivity index (χ0n) is 9.67. The Balaban J connectivity index is 2.89. The van der Waals surface area contributed by atoms with E-state index in [0.29, 0.717) is 12.0 Å². The fourth-order valence-electron chi connectivity index (χ4n) is 1.58. The lowest BCUT2D eigenvalue weighted by Gasteiger charge is -2.18. The van der Waals surface area contributed by atoms with Gasteiger partial charge in [-0.2, -0.15) is 0 Å². The predicted octanol–water partition coefficient (Wildman–Crippen LogP) is 1.23. The Morgan fingerprint density at radius 3 is 2.47 bits per heavy atom. The molecule has 17 heavy (non-hydrogen) atoms. The van der Waals surface area contributed by atoms with E-state index in [-0.39, 0.29) is 5.76 Å². The van der Waals surface area contributed by atoms with Crippen LogP contribution in [0.15, 0.2) is 22.9 Å². The first-order valence-electron chi connectivity index (χ1n) is 5.29. The van der Waals surface area contributed by atoms with Gasteiger partial charge >= 0.3 is 5.97 Å². The molecule has 0 fully saturated rings. The standard InChI is InChI=1S/C11H16O6/c1-3-4-5(2)6(12)7(13)10-8(14)9(15)11(16)17-10/h7,10,12-15H,3-4H2,1-2H3/t7-,10+/m0/s1. The molecule has 0 saturated carbocycles. The molecule has 0 aliphatic carbocycles. The summed E-state index contributed by atoms with van der Waals surface area (Å²) in [5.74, 6) is -3.17. The Kier molecular flexibility index (Phi) is 4.01. The van der Waals surface area contributed by atoms with Gasteiger partial charge in [0.2, 0.25) is 5.76 Å². The van der Waals surface area contributed by atoms with Gasteiger partial charge in [0, 0.05) is 0 Å². The number of carbonyl (C=O) groups is 1. The Labute approximate surface area is 98.5 Å². The van der Waals surface area contributed by atoms with Crippen LogP contribution in [0.1, 0.15) is 26.7 Å². The first-order chi connectivity index (χ1) is 7.90. The molecule has 2 atom stereocenters. The second-order valence-corrected chi connectivity index (χ2v) is 3.92. The molecule has 0 radical (unpaired) electrons. The number of rotatable bonds is 4. The molecule has 6 heteroatoms. The molecule has 1 aliphatic heterocycles. The number of esters is 1. The molecule has 4 N–H and O–H groups in total. The summed E-state index contributed by atoms with van der Waals surface area (Å²) in [5.41, 5.74) is 0.537. The number of aliphatic hydroxyl groups excluding tert-OH is 4. The lowest BCUT2D eigenvalue weighted by atomic mass is 10.0. The van der Waals surface area contributed by atoms with Crippen LogP contribution < -0.4 is 0 Å². The van der Waals surface area contributed by atoms with Crippen LogP contribution in [0.2, 0.25) is 0 Å². The average molecular weight is 244 g/mol. The van der Waals surface area contributed by atoms with E-state index in [1.807, 2.05) is 6.92 Å². The Morgan fingerprint density at radius 2 is 2.06 bits per heavy atom. The lowest BCUT2D eigenvalue weighted by molar-refractivity contribution is -0.146. The summed E-state index contributed by atoms with van der Waals surface area (Å²) in [6.07, 6.45) is -1.68. The van der Waals surface area contributed by atoms with E-state index >= 15 is 0 Å². The molecule has 0 spiro atoms. The van der Waals surface area contributed by atoms with Crippen LogP contribution >= 0.6 is 0 Å². The molecule has 96 valence electrons. The summed E-state index contributed by atoms with van der Waals surface area (Å²) in [4.78, 5) is 10.9. The summed E-state index contributed by atoms with van der Waals surface area (Å²) in [5, 5.41) is 37.8. The highest BCUT2D eigenvalue weighted by Gasteiger charge is 2.41. The zero-order chi connectivity index (χ0) is 13.2. The Hall–Kier alpha value is -1.69. The number of ether oxygens (including phenoxy) is 1. The molecule has 0 aromatic heterocycles. The van der Waals surface area contributed by atoms with Crippen molar-refractivity contribution in [2.75, 3.05) is 0 Å². The van der Waals surface area contributed by atoms with Gasteiger partial charge in [0.05, 0.1) is 0 Å². The van der Waals surface area contributed by atoms with Gasteiger partial charge in [0.15, 0.2) is 18.0 Å². The van der Waals surface area contributed by atoms with Crippen molar-refractivity contribution in [1.82, 2.24) is 0 Å². The Morgan fingerprint density at radius 1 is 1.47 bits per heavy atom. The van der Waals surface area contributed by atoms with E-state index in [4.69, 9.17) is 5.11 Å². The third-order valence-electron chi connectivity index (χ3n) is 2.57. The number of allylic oxidation sites excluding steroid dienone is 1. The number of carbonyl (C=O) groups excluding carboxylic acids is 1. The third kappa shape index (κ3) is 2.52. The van der Waals surface area contributed by atoms with Crippen molar-refractivity contribution in [3.8, 4) is 0 Å². The fraction of sp³-hybridized carbons (Fsp3) is 0.545. The highest BCUT2D eigenvalue weighted by molar-refractivity contribution is 5.89. The van der Waals surface area contributed by atoms with Crippen molar-refractivity contribution in [3.05, 3.63) is 22.9 Å². The van der Waals surface area contributed by atoms with Crippen molar-refractivity contribution in [2.45, 2.75) is 38.9 Å². The highest BCUT2D eigenvalue weighted by atomic mass is 16.6. The van der Waals surface area contributed by atoms with Crippen LogP contribution in [0, 0.1) is 0 Å². The van der Waals surface area contributed by atoms with Gasteiger partial charge in [-0.1, -0.05) is 13.3 Å². The van der Waals surface area contributed by atoms with Crippen molar-refractivity contribution >= 4 is 5.97 Å². The van der Waals surface area contributed by atoms with Crippen LogP contribution in [-0.2, 0) is 9.53 Å².